The number of hydrogen-bond acceptors (Lipinski definition) is 6. The zero-order valence-electron chi connectivity index (χ0n) is 24.2. The molecule has 10 nitrogen and oxygen atoms in total. The number of nitrogens with one attached hydrogen (secondary N) is 2. The zero-order chi connectivity index (χ0) is 29.6. The second-order valence-electron chi connectivity index (χ2n) is 10.9. The van der Waals surface area contributed by atoms with Crippen molar-refractivity contribution in [2.24, 2.45) is 12.5 Å². The largest absolute Gasteiger partial charge is 0.477 e. The average molecular weight is 571 g/mol. The highest BCUT2D eigenvalue weighted by atomic mass is 35.5. The van der Waals surface area contributed by atoms with E-state index >= 15 is 0 Å². The third-order valence-electron chi connectivity index (χ3n) is 6.39. The van der Waals surface area contributed by atoms with Crippen LogP contribution in [0.2, 0.25) is 5.02 Å². The van der Waals surface area contributed by atoms with Crippen molar-refractivity contribution in [3.8, 4) is 11.6 Å². The molecule has 2 amide bonds. The van der Waals surface area contributed by atoms with Gasteiger partial charge in [-0.05, 0) is 44.6 Å². The SMILES string of the molecule is CCOc1ncc(Cl)cc1C(=O)NCC(C)(C)CC(=O)Nc1c([C@H](C)CN(C)C)n(C)n(-c2ccccc2)c1=O. The molecule has 0 saturated carbocycles. The van der Waals surface area contributed by atoms with Crippen LogP contribution in [0.4, 0.5) is 5.69 Å². The maximum absolute atomic E-state index is 13.6. The fourth-order valence-corrected chi connectivity index (χ4v) is 4.89. The molecule has 0 aliphatic heterocycles. The molecule has 0 unspecified atom stereocenters. The van der Waals surface area contributed by atoms with Crippen molar-refractivity contribution in [1.29, 1.82) is 0 Å². The number of aromatic nitrogens is 3. The summed E-state index contributed by atoms with van der Waals surface area (Å²) in [5.74, 6) is -0.565. The molecule has 0 fully saturated rings. The highest BCUT2D eigenvalue weighted by Crippen LogP contribution is 2.27. The van der Waals surface area contributed by atoms with Crippen molar-refractivity contribution in [2.45, 2.75) is 40.0 Å². The molecule has 216 valence electrons. The number of carbonyl (C=O) groups excluding carboxylic acids is 2. The summed E-state index contributed by atoms with van der Waals surface area (Å²) in [6.45, 7) is 8.80. The lowest BCUT2D eigenvalue weighted by atomic mass is 9.88. The molecule has 2 heterocycles. The first-order chi connectivity index (χ1) is 18.8. The van der Waals surface area contributed by atoms with Crippen LogP contribution in [0, 0.1) is 5.41 Å². The summed E-state index contributed by atoms with van der Waals surface area (Å²) in [4.78, 5) is 45.9. The van der Waals surface area contributed by atoms with Gasteiger partial charge in [0.1, 0.15) is 11.3 Å². The standard InChI is InChI=1S/C29H39ClN6O4/c1-8-40-27-22(14-20(30)16-31-27)26(38)32-18-29(3,4)15-23(37)33-24-25(19(2)17-34(5)6)35(7)36(28(24)39)21-12-10-9-11-13-21/h9-14,16,19H,8,15,17-18H2,1-7H3,(H,32,38)(H,33,37)/t19-/m1/s1. The van der Waals surface area contributed by atoms with Gasteiger partial charge in [0.05, 0.1) is 23.0 Å². The Labute approximate surface area is 240 Å². The molecule has 0 saturated heterocycles. The summed E-state index contributed by atoms with van der Waals surface area (Å²) in [5.41, 5.74) is 1.00. The van der Waals surface area contributed by atoms with Gasteiger partial charge in [-0.15, -0.1) is 0 Å². The highest BCUT2D eigenvalue weighted by molar-refractivity contribution is 6.30. The number of pyridine rings is 1. The van der Waals surface area contributed by atoms with Crippen LogP contribution in [0.5, 0.6) is 5.88 Å². The van der Waals surface area contributed by atoms with Crippen molar-refractivity contribution in [2.75, 3.05) is 39.1 Å². The number of benzene rings is 1. The Morgan fingerprint density at radius 2 is 1.88 bits per heavy atom. The first-order valence-corrected chi connectivity index (χ1v) is 13.6. The van der Waals surface area contributed by atoms with Crippen molar-refractivity contribution in [3.05, 3.63) is 69.2 Å². The minimum atomic E-state index is -0.625. The fourth-order valence-electron chi connectivity index (χ4n) is 4.73. The number of likely N-dealkylation sites (N-methyl/N-ethyl adjacent to an activating group) is 1. The maximum atomic E-state index is 13.6. The number of halogens is 1. The van der Waals surface area contributed by atoms with Crippen LogP contribution in [0.25, 0.3) is 5.69 Å². The Hall–Kier alpha value is -3.63. The third-order valence-corrected chi connectivity index (χ3v) is 6.60. The van der Waals surface area contributed by atoms with Gasteiger partial charge >= 0.3 is 0 Å². The van der Waals surface area contributed by atoms with E-state index < -0.39 is 11.3 Å². The topological polar surface area (TPSA) is 110 Å². The summed E-state index contributed by atoms with van der Waals surface area (Å²) < 4.78 is 8.83. The van der Waals surface area contributed by atoms with E-state index in [1.165, 1.54) is 12.3 Å². The Kier molecular flexibility index (Phi) is 10.2. The molecule has 11 heteroatoms. The summed E-state index contributed by atoms with van der Waals surface area (Å²) in [7, 11) is 5.76. The van der Waals surface area contributed by atoms with Gasteiger partial charge in [0.15, 0.2) is 0 Å². The molecule has 0 radical (unpaired) electrons. The second-order valence-corrected chi connectivity index (χ2v) is 11.3. The molecule has 2 aromatic heterocycles. The Morgan fingerprint density at radius 3 is 2.50 bits per heavy atom. The van der Waals surface area contributed by atoms with E-state index in [0.29, 0.717) is 23.9 Å². The molecule has 1 atom stereocenters. The lowest BCUT2D eigenvalue weighted by molar-refractivity contribution is -0.118. The predicted octanol–water partition coefficient (Wildman–Crippen LogP) is 4.07. The zero-order valence-corrected chi connectivity index (χ0v) is 25.0. The lowest BCUT2D eigenvalue weighted by Crippen LogP contribution is -2.37. The smallest absolute Gasteiger partial charge is 0.295 e. The first-order valence-electron chi connectivity index (χ1n) is 13.2. The van der Waals surface area contributed by atoms with Gasteiger partial charge < -0.3 is 20.3 Å². The van der Waals surface area contributed by atoms with E-state index in [9.17, 15) is 14.4 Å². The number of ether oxygens (including phenoxy) is 1. The van der Waals surface area contributed by atoms with E-state index in [1.807, 2.05) is 81.8 Å². The van der Waals surface area contributed by atoms with Gasteiger partial charge in [0, 0.05) is 38.7 Å². The van der Waals surface area contributed by atoms with Crippen molar-refractivity contribution in [3.63, 3.8) is 0 Å². The Bertz CT molecular complexity index is 1400. The van der Waals surface area contributed by atoms with Crippen LogP contribution in [0.3, 0.4) is 0 Å². The molecule has 3 rings (SSSR count). The quantitative estimate of drug-likeness (QED) is 0.340. The van der Waals surface area contributed by atoms with Crippen LogP contribution in [-0.4, -0.2) is 64.9 Å². The molecule has 0 bridgehead atoms. The van der Waals surface area contributed by atoms with Crippen molar-refractivity contribution >= 4 is 29.1 Å². The number of hydrogen-bond donors (Lipinski definition) is 2. The Balaban J connectivity index is 1.80. The van der Waals surface area contributed by atoms with Crippen LogP contribution in [0.1, 0.15) is 56.1 Å². The van der Waals surface area contributed by atoms with Crippen molar-refractivity contribution in [1.82, 2.24) is 24.6 Å². The maximum Gasteiger partial charge on any atom is 0.295 e. The fraction of sp³-hybridized carbons (Fsp3) is 0.448. The predicted molar refractivity (Wildman–Crippen MR) is 158 cm³/mol. The summed E-state index contributed by atoms with van der Waals surface area (Å²) in [5, 5.41) is 6.08. The number of anilines is 1. The van der Waals surface area contributed by atoms with E-state index in [0.717, 1.165) is 5.69 Å². The minimum Gasteiger partial charge on any atom is -0.477 e. The van der Waals surface area contributed by atoms with Crippen LogP contribution < -0.4 is 20.9 Å². The molecule has 40 heavy (non-hydrogen) atoms. The van der Waals surface area contributed by atoms with Crippen LogP contribution >= 0.6 is 11.6 Å². The van der Waals surface area contributed by atoms with Crippen molar-refractivity contribution < 1.29 is 14.3 Å². The molecular weight excluding hydrogens is 532 g/mol. The number of amides is 2. The molecule has 0 aliphatic carbocycles. The molecule has 0 spiro atoms. The van der Waals surface area contributed by atoms with Crippen LogP contribution in [0.15, 0.2) is 47.4 Å². The van der Waals surface area contributed by atoms with Gasteiger partial charge in [-0.3, -0.25) is 19.1 Å². The number of carbonyl (C=O) groups is 2. The third kappa shape index (κ3) is 7.51. The molecular formula is C29H39ClN6O4. The van der Waals surface area contributed by atoms with E-state index in [-0.39, 0.29) is 47.5 Å². The first kappa shape index (κ1) is 30.9. The van der Waals surface area contributed by atoms with Gasteiger partial charge in [-0.1, -0.05) is 50.6 Å². The van der Waals surface area contributed by atoms with Gasteiger partial charge in [-0.25, -0.2) is 9.67 Å². The highest BCUT2D eigenvalue weighted by Gasteiger charge is 2.28. The Morgan fingerprint density at radius 1 is 1.20 bits per heavy atom. The molecule has 3 aromatic rings. The molecule has 0 aliphatic rings. The lowest BCUT2D eigenvalue weighted by Gasteiger charge is -2.25. The number of para-hydroxylation sites is 1. The summed E-state index contributed by atoms with van der Waals surface area (Å²) in [6, 6.07) is 10.8. The van der Waals surface area contributed by atoms with Gasteiger partial charge in [-0.2, -0.15) is 0 Å². The van der Waals surface area contributed by atoms with E-state index in [1.54, 1.807) is 11.6 Å². The number of rotatable bonds is 12. The van der Waals surface area contributed by atoms with Crippen LogP contribution in [-0.2, 0) is 11.8 Å². The molecule has 1 aromatic carbocycles. The molecule has 2 N–H and O–H groups in total. The number of nitrogens with zero attached hydrogens (tertiary/aromatic N) is 4. The van der Waals surface area contributed by atoms with E-state index in [2.05, 4.69) is 15.6 Å². The monoisotopic (exact) mass is 570 g/mol. The summed E-state index contributed by atoms with van der Waals surface area (Å²) in [6.07, 6.45) is 1.49. The van der Waals surface area contributed by atoms with Gasteiger partial charge in [0.2, 0.25) is 11.8 Å². The second kappa shape index (κ2) is 13.1. The minimum absolute atomic E-state index is 0.0360. The van der Waals surface area contributed by atoms with Gasteiger partial charge in [0.25, 0.3) is 11.5 Å². The summed E-state index contributed by atoms with van der Waals surface area (Å²) >= 11 is 6.04. The average Bonchev–Trinajstić information content (AvgIpc) is 3.12. The normalized spacial score (nSPS) is 12.3. The van der Waals surface area contributed by atoms with E-state index in [4.69, 9.17) is 16.3 Å².